The first-order valence-corrected chi connectivity index (χ1v) is 53.3. The van der Waals surface area contributed by atoms with Crippen LogP contribution in [-0.2, 0) is 292 Å². The van der Waals surface area contributed by atoms with Gasteiger partial charge >= 0.3 is 0 Å². The smallest absolute Gasteiger partial charge is 0.146 e. The highest BCUT2D eigenvalue weighted by molar-refractivity contribution is 8.80. The molecular weight excluding hydrogens is 1280 g/mol. The Kier molecular flexibility index (Phi) is 35.0. The molecule has 0 unspecified atom stereocenters. The summed E-state index contributed by atoms with van der Waals surface area (Å²) in [4.78, 5) is 9.60. The van der Waals surface area contributed by atoms with E-state index in [4.69, 9.17) is 27.4 Å². The number of aryl methyl sites for hydroxylation is 1. The Morgan fingerprint density at radius 1 is 0.537 bits per heavy atom. The second-order valence-corrected chi connectivity index (χ2v) is 62.1. The molecule has 0 atom stereocenters. The normalized spacial score (nSPS) is 9.98. The topological polar surface area (TPSA) is 30.2 Å². The third-order valence-corrected chi connectivity index (χ3v) is 67.2. The first-order valence-electron chi connectivity index (χ1n) is 13.3. The SMILES string of the molecule is Cc1cnc2c3ccc(C(C)(C)C)nc3cc(CC(C)(C)C)n12.S=S=S=S=S=S=S=S=S=S=S=S=S=S=S=S=S=S=S=S=S=S=S=S=S=S=S=S=S=S=S. The lowest BCUT2D eigenvalue weighted by atomic mass is 9.89. The van der Waals surface area contributed by atoms with Gasteiger partial charge in [0.05, 0.1) is 5.52 Å². The molecule has 0 aliphatic heterocycles. The van der Waals surface area contributed by atoms with Crippen LogP contribution in [0.5, 0.6) is 0 Å². The van der Waals surface area contributed by atoms with Crippen molar-refractivity contribution in [1.29, 1.82) is 0 Å². The standard InChI is InChI=1S/C20H27N3.S31/c1-13-12-21-18-15-8-9-17(20(5,6)7)22-16(15)10-14(23(13)18)11-19(2,3)4;1-3-5-7-9-11-13-15-17-19-21-23-25-27-29-31-30-28-26-24-22-20-18-16-14-12-10-8-6-4-2/h8-10,12H,11H2,1-7H3;. The van der Waals surface area contributed by atoms with E-state index in [0.29, 0.717) is 0 Å². The van der Waals surface area contributed by atoms with Crippen molar-refractivity contribution in [3.63, 3.8) is 0 Å². The number of nitrogens with zero attached hydrogens (tertiary/aromatic N) is 3. The maximum atomic E-state index is 4.94. The van der Waals surface area contributed by atoms with Gasteiger partial charge in [-0.15, -0.1) is 0 Å². The highest BCUT2D eigenvalue weighted by Crippen LogP contribution is 2.29. The monoisotopic (exact) mass is 1300 g/mol. The highest BCUT2D eigenvalue weighted by Gasteiger charge is 2.20. The number of hydrogen-bond acceptors (Lipinski definition) is 4. The molecule has 0 bridgehead atoms. The number of pyridine rings is 2. The Balaban J connectivity index is 0.000000387. The van der Waals surface area contributed by atoms with Crippen LogP contribution >= 0.6 is 0 Å². The third kappa shape index (κ3) is 26.5. The molecule has 0 N–H and O–H groups in total. The summed E-state index contributed by atoms with van der Waals surface area (Å²) in [7, 11) is 50.9. The van der Waals surface area contributed by atoms with Crippen LogP contribution in [0.15, 0.2) is 24.4 Å². The van der Waals surface area contributed by atoms with Gasteiger partial charge in [0.2, 0.25) is 0 Å². The predicted octanol–water partition coefficient (Wildman–Crippen LogP) is 5.00. The van der Waals surface area contributed by atoms with Crippen molar-refractivity contribution in [1.82, 2.24) is 14.4 Å². The third-order valence-electron chi connectivity index (χ3n) is 4.95. The van der Waals surface area contributed by atoms with Gasteiger partial charge in [0.1, 0.15) is 5.65 Å². The highest BCUT2D eigenvalue weighted by atomic mass is 33.5. The maximum Gasteiger partial charge on any atom is 0.146 e. The summed E-state index contributed by atoms with van der Waals surface area (Å²) in [5.41, 5.74) is 5.94. The Hall–Kier alpha value is 4.92. The molecule has 0 aliphatic carbocycles. The van der Waals surface area contributed by atoms with Crippen LogP contribution in [0.2, 0.25) is 0 Å². The number of aromatic nitrogens is 3. The molecule has 3 heterocycles. The molecule has 0 saturated heterocycles. The molecule has 0 radical (unpaired) electrons. The van der Waals surface area contributed by atoms with Crippen molar-refractivity contribution in [2.24, 2.45) is 5.41 Å². The first-order chi connectivity index (χ1) is 26.0. The van der Waals surface area contributed by atoms with Crippen LogP contribution in [-0.4, -0.2) is 14.4 Å². The maximum absolute atomic E-state index is 4.94. The molecule has 3 aromatic rings. The lowest BCUT2D eigenvalue weighted by Crippen LogP contribution is -2.15. The molecule has 3 rings (SSSR count). The molecule has 0 fully saturated rings. The summed E-state index contributed by atoms with van der Waals surface area (Å²) in [6.07, 6.45) is 2.96. The molecular formula is C20H27N3S31. The van der Waals surface area contributed by atoms with Crippen molar-refractivity contribution in [2.45, 2.75) is 60.3 Å². The van der Waals surface area contributed by atoms with E-state index in [1.807, 2.05) is 139 Å². The molecule has 54 heavy (non-hydrogen) atoms. The molecule has 0 aromatic carbocycles. The van der Waals surface area contributed by atoms with Gasteiger partial charge in [0.15, 0.2) is 0 Å². The summed E-state index contributed by atoms with van der Waals surface area (Å²) >= 11 is 9.58. The van der Waals surface area contributed by atoms with Gasteiger partial charge in [-0.3, -0.25) is 4.98 Å². The van der Waals surface area contributed by atoms with Crippen LogP contribution in [0.3, 0.4) is 0 Å². The quantitative estimate of drug-likeness (QED) is 0.344. The van der Waals surface area contributed by atoms with Gasteiger partial charge in [-0.2, -0.15) is 0 Å². The molecule has 3 nitrogen and oxygen atoms in total. The number of hydrogen-bond donors (Lipinski definition) is 0. The molecule has 0 amide bonds. The van der Waals surface area contributed by atoms with Crippen molar-refractivity contribution in [2.75, 3.05) is 0 Å². The van der Waals surface area contributed by atoms with E-state index in [9.17, 15) is 0 Å². The van der Waals surface area contributed by atoms with Crippen LogP contribution in [0.25, 0.3) is 16.6 Å². The van der Waals surface area contributed by atoms with Gasteiger partial charge < -0.3 is 4.40 Å². The summed E-state index contributed by atoms with van der Waals surface area (Å²) < 4.78 is 2.28. The fraction of sp³-hybridized carbons (Fsp3) is 0.500. The van der Waals surface area contributed by atoms with Crippen LogP contribution in [0, 0.1) is 12.3 Å². The minimum Gasteiger partial charge on any atom is -0.301 e. The Labute approximate surface area is 409 Å². The zero-order valence-electron chi connectivity index (χ0n) is 28.0. The molecule has 0 spiro atoms. The zero-order chi connectivity index (χ0) is 39.5. The van der Waals surface area contributed by atoms with E-state index in [1.54, 1.807) is 107 Å². The van der Waals surface area contributed by atoms with Crippen LogP contribution in [0.1, 0.15) is 58.6 Å². The Bertz CT molecular complexity index is 3060. The van der Waals surface area contributed by atoms with E-state index in [2.05, 4.69) is 76.0 Å². The van der Waals surface area contributed by atoms with Gasteiger partial charge in [-0.05, 0) is 37.0 Å². The Morgan fingerprint density at radius 2 is 0.889 bits per heavy atom. The zero-order valence-corrected chi connectivity index (χ0v) is 53.3. The van der Waals surface area contributed by atoms with E-state index in [1.165, 1.54) is 29.1 Å². The van der Waals surface area contributed by atoms with Crippen molar-refractivity contribution >= 4 is 296 Å². The van der Waals surface area contributed by atoms with Crippen molar-refractivity contribution in [3.05, 3.63) is 41.5 Å². The summed E-state index contributed by atoms with van der Waals surface area (Å²) in [6.45, 7) is 15.5. The largest absolute Gasteiger partial charge is 0.301 e. The fourth-order valence-corrected chi connectivity index (χ4v) is 77.5. The lowest BCUT2D eigenvalue weighted by molar-refractivity contribution is 0.404. The fourth-order valence-electron chi connectivity index (χ4n) is 3.38. The van der Waals surface area contributed by atoms with E-state index in [-0.39, 0.29) is 10.8 Å². The molecule has 34 heteroatoms. The van der Waals surface area contributed by atoms with Crippen molar-refractivity contribution < 1.29 is 0 Å². The predicted molar refractivity (Wildman–Crippen MR) is 325 cm³/mol. The minimum atomic E-state index is 0.0514. The van der Waals surface area contributed by atoms with Gasteiger partial charge in [0, 0.05) is 314 Å². The number of imidazole rings is 1. The Morgan fingerprint density at radius 3 is 1.20 bits per heavy atom. The van der Waals surface area contributed by atoms with E-state index >= 15 is 0 Å². The number of fused-ring (bicyclic) bond motifs is 3. The van der Waals surface area contributed by atoms with Crippen LogP contribution < -0.4 is 0 Å². The molecule has 0 aliphatic rings. The van der Waals surface area contributed by atoms with Gasteiger partial charge in [0.25, 0.3) is 0 Å². The van der Waals surface area contributed by atoms with Crippen molar-refractivity contribution in [3.8, 4) is 0 Å². The summed E-state index contributed by atoms with van der Waals surface area (Å²) in [5, 5.41) is 1.13. The average molecular weight is 1300 g/mol. The van der Waals surface area contributed by atoms with Gasteiger partial charge in [-0.25, -0.2) is 4.98 Å². The average Bonchev–Trinajstić information content (AvgIpc) is 3.52. The summed E-state index contributed by atoms with van der Waals surface area (Å²) in [6, 6.07) is 6.55. The van der Waals surface area contributed by atoms with Crippen LogP contribution in [0.4, 0.5) is 0 Å². The first kappa shape index (κ1) is 55.1. The van der Waals surface area contributed by atoms with E-state index < -0.39 is 0 Å². The van der Waals surface area contributed by atoms with E-state index in [0.717, 1.165) is 28.7 Å². The molecule has 0 saturated carbocycles. The molecule has 308 valence electrons. The summed E-state index contributed by atoms with van der Waals surface area (Å²) in [5.74, 6) is 0. The molecule has 3 aromatic heterocycles. The second kappa shape index (κ2) is 34.3. The minimum absolute atomic E-state index is 0.0514. The second-order valence-electron chi connectivity index (χ2n) is 10.8. The number of rotatable bonds is 1. The lowest BCUT2D eigenvalue weighted by Gasteiger charge is -2.21. The van der Waals surface area contributed by atoms with Gasteiger partial charge in [-0.1, -0.05) is 41.5 Å².